The van der Waals surface area contributed by atoms with Crippen molar-refractivity contribution in [3.05, 3.63) is 35.4 Å². The number of amides is 1. The van der Waals surface area contributed by atoms with Crippen molar-refractivity contribution in [3.63, 3.8) is 0 Å². The lowest BCUT2D eigenvalue weighted by atomic mass is 9.88. The number of hydrogen-bond acceptors (Lipinski definition) is 4. The monoisotopic (exact) mass is 317 g/mol. The average Bonchev–Trinajstić information content (AvgIpc) is 2.52. The molecule has 2 fully saturated rings. The Morgan fingerprint density at radius 3 is 2.78 bits per heavy atom. The van der Waals surface area contributed by atoms with Gasteiger partial charge in [0, 0.05) is 32.1 Å². The van der Waals surface area contributed by atoms with Crippen molar-refractivity contribution in [3.8, 4) is 0 Å². The number of hydrogen-bond donors (Lipinski definition) is 2. The second-order valence-electron chi connectivity index (χ2n) is 6.63. The highest BCUT2D eigenvalue weighted by Crippen LogP contribution is 2.16. The lowest BCUT2D eigenvalue weighted by Crippen LogP contribution is -2.49. The summed E-state index contributed by atoms with van der Waals surface area (Å²) in [4.78, 5) is 14.6. The molecule has 1 amide bonds. The molecular formula is C18H27N3O2. The van der Waals surface area contributed by atoms with Gasteiger partial charge in [0.1, 0.15) is 0 Å². The van der Waals surface area contributed by atoms with Gasteiger partial charge in [-0.2, -0.15) is 0 Å². The number of carbonyl (C=O) groups is 1. The highest BCUT2D eigenvalue weighted by atomic mass is 16.5. The molecule has 0 radical (unpaired) electrons. The van der Waals surface area contributed by atoms with Crippen molar-refractivity contribution in [2.24, 2.45) is 11.8 Å². The zero-order chi connectivity index (χ0) is 16.1. The lowest BCUT2D eigenvalue weighted by Gasteiger charge is -2.31. The van der Waals surface area contributed by atoms with E-state index in [1.54, 1.807) is 0 Å². The first-order valence-electron chi connectivity index (χ1n) is 8.59. The maximum absolute atomic E-state index is 12.2. The van der Waals surface area contributed by atoms with E-state index in [4.69, 9.17) is 4.74 Å². The van der Waals surface area contributed by atoms with Crippen molar-refractivity contribution in [2.45, 2.75) is 20.0 Å². The van der Waals surface area contributed by atoms with E-state index in [2.05, 4.69) is 39.8 Å². The molecule has 2 N–H and O–H groups in total. The number of nitrogens with one attached hydrogen (secondary N) is 2. The van der Waals surface area contributed by atoms with Crippen molar-refractivity contribution < 1.29 is 9.53 Å². The quantitative estimate of drug-likeness (QED) is 0.822. The molecule has 1 aromatic carbocycles. The Morgan fingerprint density at radius 1 is 1.35 bits per heavy atom. The summed E-state index contributed by atoms with van der Waals surface area (Å²) in [6.07, 6.45) is 0. The highest BCUT2D eigenvalue weighted by molar-refractivity contribution is 5.78. The minimum absolute atomic E-state index is 0.0905. The molecule has 5 nitrogen and oxygen atoms in total. The van der Waals surface area contributed by atoms with Gasteiger partial charge < -0.3 is 15.4 Å². The fourth-order valence-corrected chi connectivity index (χ4v) is 3.08. The summed E-state index contributed by atoms with van der Waals surface area (Å²) >= 11 is 0. The first-order chi connectivity index (χ1) is 11.2. The summed E-state index contributed by atoms with van der Waals surface area (Å²) in [6.45, 7) is 9.15. The fourth-order valence-electron chi connectivity index (χ4n) is 3.08. The first-order valence-corrected chi connectivity index (χ1v) is 8.59. The second-order valence-corrected chi connectivity index (χ2v) is 6.63. The highest BCUT2D eigenvalue weighted by Gasteiger charge is 2.28. The van der Waals surface area contributed by atoms with Crippen molar-refractivity contribution >= 4 is 5.91 Å². The molecule has 23 heavy (non-hydrogen) atoms. The molecule has 0 bridgehead atoms. The maximum atomic E-state index is 12.2. The largest absolute Gasteiger partial charge is 0.379 e. The average molecular weight is 317 g/mol. The van der Waals surface area contributed by atoms with Gasteiger partial charge >= 0.3 is 0 Å². The summed E-state index contributed by atoms with van der Waals surface area (Å²) in [5.41, 5.74) is 2.47. The maximum Gasteiger partial charge on any atom is 0.223 e. The van der Waals surface area contributed by atoms with Crippen molar-refractivity contribution in [1.82, 2.24) is 15.5 Å². The van der Waals surface area contributed by atoms with Gasteiger partial charge in [-0.3, -0.25) is 9.69 Å². The van der Waals surface area contributed by atoms with Gasteiger partial charge in [0.05, 0.1) is 13.2 Å². The van der Waals surface area contributed by atoms with Crippen LogP contribution in [0, 0.1) is 11.8 Å². The van der Waals surface area contributed by atoms with E-state index in [0.29, 0.717) is 12.5 Å². The van der Waals surface area contributed by atoms with E-state index < -0.39 is 0 Å². The normalized spacial score (nSPS) is 20.7. The van der Waals surface area contributed by atoms with Crippen LogP contribution in [0.15, 0.2) is 24.3 Å². The molecule has 0 aliphatic carbocycles. The van der Waals surface area contributed by atoms with E-state index in [-0.39, 0.29) is 11.8 Å². The minimum Gasteiger partial charge on any atom is -0.379 e. The number of rotatable bonds is 6. The molecule has 2 aliphatic rings. The zero-order valence-corrected chi connectivity index (χ0v) is 13.9. The number of carbonyl (C=O) groups excluding carboxylic acids is 1. The van der Waals surface area contributed by atoms with E-state index >= 15 is 0 Å². The molecule has 1 unspecified atom stereocenters. The van der Waals surface area contributed by atoms with Crippen molar-refractivity contribution in [2.75, 3.05) is 39.4 Å². The van der Waals surface area contributed by atoms with E-state index in [1.165, 1.54) is 11.1 Å². The first kappa shape index (κ1) is 16.4. The molecule has 2 saturated heterocycles. The van der Waals surface area contributed by atoms with Crippen LogP contribution >= 0.6 is 0 Å². The summed E-state index contributed by atoms with van der Waals surface area (Å²) in [5, 5.41) is 6.30. The lowest BCUT2D eigenvalue weighted by molar-refractivity contribution is -0.126. The van der Waals surface area contributed by atoms with Crippen LogP contribution in [-0.2, 0) is 22.6 Å². The smallest absolute Gasteiger partial charge is 0.223 e. The van der Waals surface area contributed by atoms with Crippen LogP contribution in [0.25, 0.3) is 0 Å². The molecule has 0 spiro atoms. The molecule has 0 saturated carbocycles. The molecule has 3 rings (SSSR count). The van der Waals surface area contributed by atoms with Gasteiger partial charge in [-0.25, -0.2) is 0 Å². The molecular weight excluding hydrogens is 290 g/mol. The van der Waals surface area contributed by atoms with Gasteiger partial charge in [-0.15, -0.1) is 0 Å². The van der Waals surface area contributed by atoms with Crippen LogP contribution in [0.3, 0.4) is 0 Å². The molecule has 2 heterocycles. The zero-order valence-electron chi connectivity index (χ0n) is 13.9. The van der Waals surface area contributed by atoms with Gasteiger partial charge in [-0.1, -0.05) is 31.2 Å². The Bertz CT molecular complexity index is 525. The SMILES string of the molecule is CC(C(=O)NCc1cccc(CN2CCOCC2)c1)C1CNC1. The predicted molar refractivity (Wildman–Crippen MR) is 89.9 cm³/mol. The summed E-state index contributed by atoms with van der Waals surface area (Å²) in [5.74, 6) is 0.741. The molecule has 0 aromatic heterocycles. The third-order valence-corrected chi connectivity index (χ3v) is 4.90. The Kier molecular flexibility index (Phi) is 5.65. The van der Waals surface area contributed by atoms with Crippen molar-refractivity contribution in [1.29, 1.82) is 0 Å². The summed E-state index contributed by atoms with van der Waals surface area (Å²) < 4.78 is 5.39. The Labute approximate surface area is 138 Å². The summed E-state index contributed by atoms with van der Waals surface area (Å²) in [7, 11) is 0. The number of nitrogens with zero attached hydrogens (tertiary/aromatic N) is 1. The van der Waals surface area contributed by atoms with Crippen LogP contribution in [0.2, 0.25) is 0 Å². The Morgan fingerprint density at radius 2 is 2.09 bits per heavy atom. The fraction of sp³-hybridized carbons (Fsp3) is 0.611. The van der Waals surface area contributed by atoms with Crippen LogP contribution in [0.4, 0.5) is 0 Å². The number of benzene rings is 1. The molecule has 5 heteroatoms. The van der Waals surface area contributed by atoms with Crippen LogP contribution in [0.5, 0.6) is 0 Å². The Balaban J connectivity index is 1.49. The second kappa shape index (κ2) is 7.90. The van der Waals surface area contributed by atoms with Gasteiger partial charge in [0.25, 0.3) is 0 Å². The van der Waals surface area contributed by atoms with E-state index in [9.17, 15) is 4.79 Å². The van der Waals surface area contributed by atoms with Crippen LogP contribution in [-0.4, -0.2) is 50.2 Å². The molecule has 126 valence electrons. The molecule has 1 aromatic rings. The van der Waals surface area contributed by atoms with E-state index in [0.717, 1.165) is 45.9 Å². The summed E-state index contributed by atoms with van der Waals surface area (Å²) in [6, 6.07) is 8.52. The number of morpholine rings is 1. The number of ether oxygens (including phenoxy) is 1. The predicted octanol–water partition coefficient (Wildman–Crippen LogP) is 0.991. The molecule has 1 atom stereocenters. The standard InChI is InChI=1S/C18H27N3O2/c1-14(17-11-19-12-17)18(22)20-10-15-3-2-4-16(9-15)13-21-5-7-23-8-6-21/h2-4,9,14,17,19H,5-8,10-13H2,1H3,(H,20,22). The third-order valence-electron chi connectivity index (χ3n) is 4.90. The van der Waals surface area contributed by atoms with Gasteiger partial charge in [0.2, 0.25) is 5.91 Å². The van der Waals surface area contributed by atoms with E-state index in [1.807, 2.05) is 6.92 Å². The Hall–Kier alpha value is -1.43. The topological polar surface area (TPSA) is 53.6 Å². The van der Waals surface area contributed by atoms with Crippen LogP contribution < -0.4 is 10.6 Å². The third kappa shape index (κ3) is 4.53. The van der Waals surface area contributed by atoms with Crippen LogP contribution in [0.1, 0.15) is 18.1 Å². The van der Waals surface area contributed by atoms with Gasteiger partial charge in [-0.05, 0) is 30.1 Å². The molecule has 2 aliphatic heterocycles. The van der Waals surface area contributed by atoms with Gasteiger partial charge in [0.15, 0.2) is 0 Å². The minimum atomic E-state index is 0.0905.